The number of carbonyl (C=O) groups excluding carboxylic acids is 2. The van der Waals surface area contributed by atoms with Gasteiger partial charge in [-0.2, -0.15) is 0 Å². The van der Waals surface area contributed by atoms with Gasteiger partial charge in [0.05, 0.1) is 35.9 Å². The number of carbonyl (C=O) groups is 2. The van der Waals surface area contributed by atoms with E-state index in [0.717, 1.165) is 31.8 Å². The molecule has 72 heavy (non-hydrogen) atoms. The molecule has 2 saturated heterocycles. The Morgan fingerprint density at radius 2 is 1.25 bits per heavy atom. The third-order valence-electron chi connectivity index (χ3n) is 15.9. The van der Waals surface area contributed by atoms with E-state index in [4.69, 9.17) is 14.2 Å². The van der Waals surface area contributed by atoms with Gasteiger partial charge in [-0.3, -0.25) is 9.59 Å². The van der Waals surface area contributed by atoms with Gasteiger partial charge >= 0.3 is 5.97 Å². The normalized spacial score (nSPS) is 30.4. The van der Waals surface area contributed by atoms with Crippen molar-refractivity contribution < 1.29 is 44.2 Å². The fraction of sp³-hybridized carbons (Fsp3) is 0.667. The van der Waals surface area contributed by atoms with Gasteiger partial charge in [-0.05, 0) is 210 Å². The molecule has 0 spiro atoms. The lowest BCUT2D eigenvalue weighted by Crippen LogP contribution is -2.60. The molecule has 0 radical (unpaired) electrons. The summed E-state index contributed by atoms with van der Waals surface area (Å²) in [6.45, 7) is 25.8. The SMILES string of the molecule is CC[C@H]1OC(=O)[C@H](C)C[C@H](C)[C@@H](O[C@@H]2O[C@H](C)C[C@H](N(C)C)[C@H]2O)[C@](C)(O)CCCN(C(=O)CCCCCCC[P+](c2cc(C)cc(C)c2)(c2cc(C)cc(C)c2)c2cc(C)cc(C)c2)[C@H](C)[C@@H](O)[C@]1(C)O. The van der Waals surface area contributed by atoms with Crippen LogP contribution < -0.4 is 15.9 Å². The number of ether oxygens (including phenoxy) is 3. The number of rotatable bonds is 15. The summed E-state index contributed by atoms with van der Waals surface area (Å²) in [4.78, 5) is 31.8. The van der Waals surface area contributed by atoms with Crippen LogP contribution in [0.15, 0.2) is 54.6 Å². The van der Waals surface area contributed by atoms with Gasteiger partial charge in [0.2, 0.25) is 5.91 Å². The Morgan fingerprint density at radius 1 is 0.764 bits per heavy atom. The molecule has 12 heteroatoms. The number of benzene rings is 3. The minimum atomic E-state index is -2.08. The predicted molar refractivity (Wildman–Crippen MR) is 294 cm³/mol. The minimum absolute atomic E-state index is 0.145. The second-order valence-electron chi connectivity index (χ2n) is 23.1. The van der Waals surface area contributed by atoms with Crippen LogP contribution in [-0.4, -0.2) is 129 Å². The zero-order valence-electron chi connectivity index (χ0n) is 46.8. The van der Waals surface area contributed by atoms with Crippen molar-refractivity contribution in [1.29, 1.82) is 0 Å². The maximum Gasteiger partial charge on any atom is 0.309 e. The first-order valence-corrected chi connectivity index (χ1v) is 29.1. The molecule has 0 aromatic heterocycles. The lowest BCUT2D eigenvalue weighted by atomic mass is 9.81. The molecule has 3 aromatic rings. The van der Waals surface area contributed by atoms with Crippen molar-refractivity contribution in [2.24, 2.45) is 11.8 Å². The van der Waals surface area contributed by atoms with Gasteiger partial charge in [0.25, 0.3) is 0 Å². The standard InChI is InChI=1S/C60H94N2O9P/c1-16-52-60(13,68)55(65)47(11)62(25-22-24-59(12,67)56(44(8)36-45(9)57(66)70-52)71-58-54(64)51(61(14)15)37-46(10)69-58)53(63)23-20-18-17-19-21-26-72(48-30-38(2)27-39(3)31-48,49-32-40(4)28-41(5)33-49)50-34-42(6)29-43(7)35-50/h27-35,44-47,51-52,54-56,58,64-65,67-68H,16-26,36-37H2,1-15H3/q+1/t44-,45+,46+,47+,51-,52+,54+,55+,56+,58-,59+,60+/m0/s1. The molecule has 4 N–H and O–H groups in total. The van der Waals surface area contributed by atoms with E-state index in [9.17, 15) is 30.0 Å². The van der Waals surface area contributed by atoms with E-state index in [2.05, 4.69) is 96.1 Å². The largest absolute Gasteiger partial charge is 0.459 e. The van der Waals surface area contributed by atoms with Gasteiger partial charge < -0.3 is 44.4 Å². The van der Waals surface area contributed by atoms with Crippen molar-refractivity contribution in [2.45, 2.75) is 221 Å². The number of hydrogen-bond acceptors (Lipinski definition) is 10. The number of amides is 1. The highest BCUT2D eigenvalue weighted by Crippen LogP contribution is 2.57. The van der Waals surface area contributed by atoms with Crippen LogP contribution in [0, 0.1) is 53.4 Å². The van der Waals surface area contributed by atoms with Gasteiger partial charge in [-0.1, -0.05) is 51.8 Å². The van der Waals surface area contributed by atoms with E-state index < -0.39 is 73.0 Å². The number of nitrogens with zero attached hydrogens (tertiary/aromatic N) is 2. The number of unbranched alkanes of at least 4 members (excludes halogenated alkanes) is 4. The van der Waals surface area contributed by atoms with E-state index in [1.165, 1.54) is 56.2 Å². The molecule has 2 heterocycles. The molecule has 12 atom stereocenters. The Labute approximate surface area is 434 Å². The molecule has 2 fully saturated rings. The second kappa shape index (κ2) is 25.5. The first-order chi connectivity index (χ1) is 33.7. The summed E-state index contributed by atoms with van der Waals surface area (Å²) in [5.74, 6) is -1.73. The summed E-state index contributed by atoms with van der Waals surface area (Å²) in [5.41, 5.74) is 4.31. The smallest absolute Gasteiger partial charge is 0.309 e. The second-order valence-corrected chi connectivity index (χ2v) is 26.7. The highest BCUT2D eigenvalue weighted by Gasteiger charge is 2.49. The first kappa shape index (κ1) is 59.6. The fourth-order valence-corrected chi connectivity index (χ4v) is 17.1. The lowest BCUT2D eigenvalue weighted by molar-refractivity contribution is -0.294. The van der Waals surface area contributed by atoms with E-state index in [1.807, 2.05) is 32.8 Å². The Kier molecular flexibility index (Phi) is 21.1. The van der Waals surface area contributed by atoms with Gasteiger partial charge in [0, 0.05) is 19.0 Å². The van der Waals surface area contributed by atoms with Crippen LogP contribution in [0.25, 0.3) is 0 Å². The van der Waals surface area contributed by atoms with Gasteiger partial charge in [0.1, 0.15) is 47.1 Å². The molecule has 0 unspecified atom stereocenters. The monoisotopic (exact) mass is 1020 g/mol. The third-order valence-corrected chi connectivity index (χ3v) is 20.3. The zero-order chi connectivity index (χ0) is 53.5. The quantitative estimate of drug-likeness (QED) is 0.0661. The Bertz CT molecular complexity index is 2080. The molecule has 0 aliphatic carbocycles. The Morgan fingerprint density at radius 3 is 1.74 bits per heavy atom. The molecule has 0 bridgehead atoms. The van der Waals surface area contributed by atoms with Crippen LogP contribution in [0.3, 0.4) is 0 Å². The van der Waals surface area contributed by atoms with Crippen molar-refractivity contribution in [2.75, 3.05) is 26.8 Å². The van der Waals surface area contributed by atoms with Crippen LogP contribution in [0.2, 0.25) is 0 Å². The molecule has 1 amide bonds. The molecule has 2 aliphatic heterocycles. The number of cyclic esters (lactones) is 1. The van der Waals surface area contributed by atoms with Crippen molar-refractivity contribution in [3.63, 3.8) is 0 Å². The van der Waals surface area contributed by atoms with Crippen molar-refractivity contribution in [3.8, 4) is 0 Å². The van der Waals surface area contributed by atoms with Crippen molar-refractivity contribution in [3.05, 3.63) is 88.0 Å². The molecular formula is C60H94N2O9P+. The summed E-state index contributed by atoms with van der Waals surface area (Å²) in [6, 6.07) is 20.3. The first-order valence-electron chi connectivity index (χ1n) is 27.1. The maximum atomic E-state index is 14.5. The van der Waals surface area contributed by atoms with Crippen LogP contribution >= 0.6 is 7.26 Å². The van der Waals surface area contributed by atoms with Crippen LogP contribution in [-0.2, 0) is 23.8 Å². The Balaban J connectivity index is 1.35. The molecule has 3 aromatic carbocycles. The predicted octanol–water partition coefficient (Wildman–Crippen LogP) is 8.84. The molecule has 2 aliphatic rings. The van der Waals surface area contributed by atoms with Crippen LogP contribution in [0.1, 0.15) is 152 Å². The van der Waals surface area contributed by atoms with Gasteiger partial charge in [-0.15, -0.1) is 0 Å². The van der Waals surface area contributed by atoms with Crippen LogP contribution in [0.5, 0.6) is 0 Å². The molecule has 11 nitrogen and oxygen atoms in total. The zero-order valence-corrected chi connectivity index (χ0v) is 47.7. The number of esters is 1. The van der Waals surface area contributed by atoms with Gasteiger partial charge in [-0.25, -0.2) is 0 Å². The molecule has 0 saturated carbocycles. The number of hydrogen-bond donors (Lipinski definition) is 4. The Hall–Kier alpha value is -3.25. The van der Waals surface area contributed by atoms with Gasteiger partial charge in [0.15, 0.2) is 6.29 Å². The summed E-state index contributed by atoms with van der Waals surface area (Å²) in [7, 11) is 1.73. The summed E-state index contributed by atoms with van der Waals surface area (Å²) >= 11 is 0. The summed E-state index contributed by atoms with van der Waals surface area (Å²) in [5, 5.41) is 52.0. The third kappa shape index (κ3) is 14.6. The summed E-state index contributed by atoms with van der Waals surface area (Å²) < 4.78 is 18.8. The summed E-state index contributed by atoms with van der Waals surface area (Å²) in [6.07, 6.45) is 1.98. The number of aryl methyl sites for hydroxylation is 6. The lowest BCUT2D eigenvalue weighted by Gasteiger charge is -2.45. The fourth-order valence-electron chi connectivity index (χ4n) is 12.1. The van der Waals surface area contributed by atoms with E-state index in [0.29, 0.717) is 19.3 Å². The molecular weight excluding hydrogens is 924 g/mol. The van der Waals surface area contributed by atoms with Crippen LogP contribution in [0.4, 0.5) is 0 Å². The average molecular weight is 1020 g/mol. The molecule has 5 rings (SSSR count). The number of aliphatic hydroxyl groups excluding tert-OH is 2. The van der Waals surface area contributed by atoms with Crippen molar-refractivity contribution in [1.82, 2.24) is 9.80 Å². The topological polar surface area (TPSA) is 149 Å². The average Bonchev–Trinajstić information content (AvgIpc) is 3.28. The highest BCUT2D eigenvalue weighted by atomic mass is 31.2. The van der Waals surface area contributed by atoms with E-state index in [1.54, 1.807) is 32.6 Å². The number of aliphatic hydroxyl groups is 4. The minimum Gasteiger partial charge on any atom is -0.459 e. The van der Waals surface area contributed by atoms with E-state index in [-0.39, 0.29) is 50.3 Å². The van der Waals surface area contributed by atoms with E-state index >= 15 is 0 Å². The number of likely N-dealkylation sites (N-methyl/N-ethyl adjacent to an activating group) is 1. The molecule has 402 valence electrons. The maximum absolute atomic E-state index is 14.5. The highest BCUT2D eigenvalue weighted by molar-refractivity contribution is 7.95. The van der Waals surface area contributed by atoms with Crippen molar-refractivity contribution >= 4 is 35.1 Å².